The van der Waals surface area contributed by atoms with Gasteiger partial charge < -0.3 is 5.73 Å². The first-order valence-electron chi connectivity index (χ1n) is 8.04. The van der Waals surface area contributed by atoms with E-state index in [1.54, 1.807) is 22.9 Å². The molecular weight excluding hydrogens is 338 g/mol. The number of imidazole rings is 1. The molecule has 4 aromatic rings. The van der Waals surface area contributed by atoms with E-state index in [1.807, 2.05) is 18.2 Å². The van der Waals surface area contributed by atoms with Gasteiger partial charge in [-0.1, -0.05) is 36.9 Å². The maximum absolute atomic E-state index is 11.2. The minimum absolute atomic E-state index is 0.212. The Bertz CT molecular complexity index is 1080. The minimum Gasteiger partial charge on any atom is -0.382 e. The summed E-state index contributed by atoms with van der Waals surface area (Å²) in [5.74, 6) is 0.212. The first kappa shape index (κ1) is 15.7. The number of aldehydes is 1. The van der Waals surface area contributed by atoms with Crippen molar-refractivity contribution in [1.29, 1.82) is 0 Å². The predicted molar refractivity (Wildman–Crippen MR) is 98.9 cm³/mol. The van der Waals surface area contributed by atoms with Crippen molar-refractivity contribution < 1.29 is 4.79 Å². The van der Waals surface area contributed by atoms with E-state index < -0.39 is 0 Å². The number of aromatic nitrogens is 4. The molecule has 6 nitrogen and oxygen atoms in total. The SMILES string of the molecule is C1CC1.Nc1nc2ccc(-c3ccc4[nH]ncc4c3Cl)cn2c1C=O. The van der Waals surface area contributed by atoms with Crippen LogP contribution in [0.3, 0.4) is 0 Å². The highest BCUT2D eigenvalue weighted by atomic mass is 35.5. The number of hydrogen-bond acceptors (Lipinski definition) is 4. The van der Waals surface area contributed by atoms with E-state index >= 15 is 0 Å². The predicted octanol–water partition coefficient (Wildman–Crippen LogP) is 4.10. The number of rotatable bonds is 2. The number of fused-ring (bicyclic) bond motifs is 2. The second kappa shape index (κ2) is 6.22. The van der Waals surface area contributed by atoms with Gasteiger partial charge in [0.15, 0.2) is 12.1 Å². The Hall–Kier alpha value is -2.86. The van der Waals surface area contributed by atoms with Gasteiger partial charge in [-0.15, -0.1) is 0 Å². The average Bonchev–Trinajstić information content (AvgIpc) is 3.35. The molecular formula is C18H16ClN5O. The van der Waals surface area contributed by atoms with Crippen molar-refractivity contribution in [1.82, 2.24) is 19.6 Å². The number of H-pyrrole nitrogens is 1. The molecule has 0 bridgehead atoms. The lowest BCUT2D eigenvalue weighted by molar-refractivity contribution is 0.111. The van der Waals surface area contributed by atoms with E-state index in [0.717, 1.165) is 22.0 Å². The molecule has 3 aromatic heterocycles. The Labute approximate surface area is 148 Å². The average molecular weight is 354 g/mol. The number of carbonyl (C=O) groups is 1. The fourth-order valence-electron chi connectivity index (χ4n) is 2.56. The van der Waals surface area contributed by atoms with Crippen LogP contribution in [0.25, 0.3) is 27.7 Å². The molecule has 126 valence electrons. The third-order valence-corrected chi connectivity index (χ3v) is 4.43. The molecule has 0 aliphatic heterocycles. The van der Waals surface area contributed by atoms with Gasteiger partial charge in [-0.05, 0) is 23.8 Å². The van der Waals surface area contributed by atoms with Crippen LogP contribution in [0.1, 0.15) is 29.8 Å². The fourth-order valence-corrected chi connectivity index (χ4v) is 2.89. The molecule has 1 aliphatic rings. The monoisotopic (exact) mass is 353 g/mol. The summed E-state index contributed by atoms with van der Waals surface area (Å²) in [6.07, 6.45) is 8.68. The summed E-state index contributed by atoms with van der Waals surface area (Å²) in [7, 11) is 0. The summed E-state index contributed by atoms with van der Waals surface area (Å²) < 4.78 is 1.66. The highest BCUT2D eigenvalue weighted by molar-refractivity contribution is 6.38. The van der Waals surface area contributed by atoms with Crippen molar-refractivity contribution in [3.63, 3.8) is 0 Å². The molecule has 0 atom stereocenters. The molecule has 25 heavy (non-hydrogen) atoms. The van der Waals surface area contributed by atoms with Crippen molar-refractivity contribution in [3.05, 3.63) is 47.4 Å². The van der Waals surface area contributed by atoms with E-state index in [0.29, 0.717) is 22.6 Å². The largest absolute Gasteiger partial charge is 0.382 e. The molecule has 1 saturated carbocycles. The number of carbonyl (C=O) groups excluding carboxylic acids is 1. The van der Waals surface area contributed by atoms with Gasteiger partial charge in [0, 0.05) is 17.1 Å². The second-order valence-electron chi connectivity index (χ2n) is 5.97. The highest BCUT2D eigenvalue weighted by Crippen LogP contribution is 2.34. The second-order valence-corrected chi connectivity index (χ2v) is 6.34. The van der Waals surface area contributed by atoms with Gasteiger partial charge >= 0.3 is 0 Å². The van der Waals surface area contributed by atoms with E-state index in [4.69, 9.17) is 17.3 Å². The molecule has 3 heterocycles. The Morgan fingerprint density at radius 1 is 1.20 bits per heavy atom. The zero-order chi connectivity index (χ0) is 17.4. The summed E-state index contributed by atoms with van der Waals surface area (Å²) >= 11 is 6.47. The molecule has 0 amide bonds. The van der Waals surface area contributed by atoms with Gasteiger partial charge in [-0.25, -0.2) is 4.98 Å². The number of benzene rings is 1. The van der Waals surface area contributed by atoms with Crippen LogP contribution in [0, 0.1) is 0 Å². The van der Waals surface area contributed by atoms with Crippen LogP contribution >= 0.6 is 11.6 Å². The zero-order valence-electron chi connectivity index (χ0n) is 13.4. The van der Waals surface area contributed by atoms with Gasteiger partial charge in [0.25, 0.3) is 0 Å². The van der Waals surface area contributed by atoms with Crippen LogP contribution in [0.4, 0.5) is 5.82 Å². The summed E-state index contributed by atoms with van der Waals surface area (Å²) in [5, 5.41) is 8.32. The van der Waals surface area contributed by atoms with Crippen LogP contribution < -0.4 is 5.73 Å². The fraction of sp³-hybridized carbons (Fsp3) is 0.167. The van der Waals surface area contributed by atoms with Gasteiger partial charge in [0.1, 0.15) is 11.3 Å². The third kappa shape index (κ3) is 2.85. The summed E-state index contributed by atoms with van der Waals surface area (Å²) in [5.41, 5.74) is 9.27. The lowest BCUT2D eigenvalue weighted by atomic mass is 10.1. The number of anilines is 1. The molecule has 1 fully saturated rings. The number of nitrogen functional groups attached to an aromatic ring is 1. The van der Waals surface area contributed by atoms with Crippen molar-refractivity contribution in [2.45, 2.75) is 19.3 Å². The van der Waals surface area contributed by atoms with Gasteiger partial charge in [-0.3, -0.25) is 14.3 Å². The molecule has 3 N–H and O–H groups in total. The zero-order valence-corrected chi connectivity index (χ0v) is 14.1. The van der Waals surface area contributed by atoms with Gasteiger partial charge in [0.2, 0.25) is 0 Å². The molecule has 1 aliphatic carbocycles. The minimum atomic E-state index is 0.212. The molecule has 0 spiro atoms. The topological polar surface area (TPSA) is 89.1 Å². The lowest BCUT2D eigenvalue weighted by Crippen LogP contribution is -1.95. The van der Waals surface area contributed by atoms with Crippen LogP contribution in [0.5, 0.6) is 0 Å². The molecule has 0 radical (unpaired) electrons. The van der Waals surface area contributed by atoms with E-state index in [9.17, 15) is 4.79 Å². The van der Waals surface area contributed by atoms with Crippen molar-refractivity contribution in [2.75, 3.05) is 5.73 Å². The third-order valence-electron chi connectivity index (χ3n) is 4.02. The molecule has 5 rings (SSSR count). The Morgan fingerprint density at radius 3 is 2.72 bits per heavy atom. The number of nitrogens with two attached hydrogens (primary N) is 1. The van der Waals surface area contributed by atoms with Crippen LogP contribution in [-0.2, 0) is 0 Å². The molecule has 7 heteroatoms. The first-order valence-corrected chi connectivity index (χ1v) is 8.41. The van der Waals surface area contributed by atoms with Gasteiger partial charge in [0.05, 0.1) is 16.7 Å². The highest BCUT2D eigenvalue weighted by Gasteiger charge is 2.13. The summed E-state index contributed by atoms with van der Waals surface area (Å²) in [4.78, 5) is 15.3. The molecule has 0 saturated heterocycles. The first-order chi connectivity index (χ1) is 12.2. The lowest BCUT2D eigenvalue weighted by Gasteiger charge is -2.06. The quantitative estimate of drug-likeness (QED) is 0.531. The standard InChI is InChI=1S/C15H10ClN5O.C3H6/c16-14-9(2-3-11-10(14)5-18-20-11)8-1-4-13-19-15(17)12(7-22)21(13)6-8;1-2-3-1/h1-7H,17H2,(H,18,20);1-3H2. The van der Waals surface area contributed by atoms with E-state index in [1.165, 1.54) is 19.3 Å². The Morgan fingerprint density at radius 2 is 2.00 bits per heavy atom. The van der Waals surface area contributed by atoms with Crippen LogP contribution in [0.15, 0.2) is 36.7 Å². The number of aromatic amines is 1. The molecule has 1 aromatic carbocycles. The summed E-state index contributed by atoms with van der Waals surface area (Å²) in [6, 6.07) is 7.51. The number of hydrogen-bond donors (Lipinski definition) is 2. The van der Waals surface area contributed by atoms with E-state index in [-0.39, 0.29) is 5.82 Å². The van der Waals surface area contributed by atoms with Crippen molar-refractivity contribution in [2.24, 2.45) is 0 Å². The summed E-state index contributed by atoms with van der Waals surface area (Å²) in [6.45, 7) is 0. The van der Waals surface area contributed by atoms with Crippen LogP contribution in [0.2, 0.25) is 5.02 Å². The number of pyridine rings is 1. The Kier molecular flexibility index (Phi) is 3.89. The van der Waals surface area contributed by atoms with E-state index in [2.05, 4.69) is 15.2 Å². The molecule has 0 unspecified atom stereocenters. The van der Waals surface area contributed by atoms with Crippen molar-refractivity contribution >= 4 is 40.3 Å². The smallest absolute Gasteiger partial charge is 0.170 e. The number of nitrogens with zero attached hydrogens (tertiary/aromatic N) is 3. The maximum Gasteiger partial charge on any atom is 0.170 e. The van der Waals surface area contributed by atoms with Gasteiger partial charge in [-0.2, -0.15) is 5.10 Å². The number of halogens is 1. The van der Waals surface area contributed by atoms with Crippen LogP contribution in [-0.4, -0.2) is 25.9 Å². The number of nitrogens with one attached hydrogen (secondary N) is 1. The normalized spacial score (nSPS) is 12.8. The van der Waals surface area contributed by atoms with Crippen molar-refractivity contribution in [3.8, 4) is 11.1 Å². The maximum atomic E-state index is 11.2. The Balaban J connectivity index is 0.000000474.